The third-order valence-corrected chi connectivity index (χ3v) is 7.14. The number of aromatic nitrogens is 1. The number of nitrogens with zero attached hydrogens (tertiary/aromatic N) is 2. The number of fused-ring (bicyclic) bond motifs is 1. The Hall–Kier alpha value is -1.50. The maximum Gasteiger partial charge on any atom is 0.279 e. The number of thiazole rings is 1. The maximum absolute atomic E-state index is 12.8. The Morgan fingerprint density at radius 3 is 2.54 bits per heavy atom. The van der Waals surface area contributed by atoms with Crippen molar-refractivity contribution in [2.75, 3.05) is 12.0 Å². The van der Waals surface area contributed by atoms with Gasteiger partial charge in [-0.05, 0) is 61.6 Å². The van der Waals surface area contributed by atoms with Gasteiger partial charge < -0.3 is 4.57 Å². The molecule has 0 fully saturated rings. The molecule has 28 heavy (non-hydrogen) atoms. The summed E-state index contributed by atoms with van der Waals surface area (Å²) in [4.78, 5) is 19.3. The molecule has 2 aromatic carbocycles. The zero-order valence-corrected chi connectivity index (χ0v) is 19.4. The highest BCUT2D eigenvalue weighted by Crippen LogP contribution is 2.25. The van der Waals surface area contributed by atoms with E-state index in [4.69, 9.17) is 0 Å². The highest BCUT2D eigenvalue weighted by molar-refractivity contribution is 7.99. The number of carbonyl (C=O) groups excluding carboxylic acids is 1. The topological polar surface area (TPSA) is 34.4 Å². The highest BCUT2D eigenvalue weighted by Gasteiger charge is 2.12. The molecule has 3 rings (SSSR count). The molecule has 6 heteroatoms. The summed E-state index contributed by atoms with van der Waals surface area (Å²) in [5.74, 6) is 0.807. The second kappa shape index (κ2) is 9.33. The van der Waals surface area contributed by atoms with Crippen molar-refractivity contribution >= 4 is 51.0 Å². The molecule has 0 saturated heterocycles. The number of carbonyl (C=O) groups is 1. The Balaban J connectivity index is 2.02. The van der Waals surface area contributed by atoms with Crippen LogP contribution in [0.5, 0.6) is 0 Å². The van der Waals surface area contributed by atoms with Gasteiger partial charge in [0, 0.05) is 28.0 Å². The van der Waals surface area contributed by atoms with E-state index in [-0.39, 0.29) is 5.91 Å². The summed E-state index contributed by atoms with van der Waals surface area (Å²) >= 11 is 5.20. The molecule has 0 atom stereocenters. The van der Waals surface area contributed by atoms with E-state index in [0.29, 0.717) is 10.8 Å². The van der Waals surface area contributed by atoms with Crippen LogP contribution >= 0.6 is 34.9 Å². The normalized spacial score (nSPS) is 12.3. The van der Waals surface area contributed by atoms with Crippen LogP contribution in [0.3, 0.4) is 0 Å². The van der Waals surface area contributed by atoms with Crippen LogP contribution in [0, 0.1) is 13.8 Å². The Labute approximate surface area is 179 Å². The van der Waals surface area contributed by atoms with Gasteiger partial charge in [-0.15, -0.1) is 11.8 Å². The predicted octanol–water partition coefficient (Wildman–Crippen LogP) is 5.92. The predicted molar refractivity (Wildman–Crippen MR) is 125 cm³/mol. The molecule has 3 nitrogen and oxygen atoms in total. The quantitative estimate of drug-likeness (QED) is 0.455. The van der Waals surface area contributed by atoms with E-state index in [2.05, 4.69) is 55.6 Å². The zero-order valence-electron chi connectivity index (χ0n) is 17.0. The van der Waals surface area contributed by atoms with Gasteiger partial charge in [-0.3, -0.25) is 4.79 Å². The second-order valence-electron chi connectivity index (χ2n) is 7.07. The van der Waals surface area contributed by atoms with Crippen LogP contribution in [0.4, 0.5) is 0 Å². The van der Waals surface area contributed by atoms with E-state index >= 15 is 0 Å². The van der Waals surface area contributed by atoms with Gasteiger partial charge in [0.05, 0.1) is 10.2 Å². The molecule has 0 saturated carbocycles. The van der Waals surface area contributed by atoms with E-state index in [0.717, 1.165) is 17.1 Å². The molecule has 0 bridgehead atoms. The number of hydrogen-bond acceptors (Lipinski definition) is 4. The molecule has 0 aliphatic heterocycles. The van der Waals surface area contributed by atoms with Crippen LogP contribution in [0.25, 0.3) is 10.2 Å². The van der Waals surface area contributed by atoms with Gasteiger partial charge in [0.2, 0.25) is 0 Å². The Morgan fingerprint density at radius 2 is 1.89 bits per heavy atom. The first-order valence-corrected chi connectivity index (χ1v) is 12.4. The SMILES string of the molecule is CSCCn1c(=NC(=O)c2ccc(SC(C)C)cc2)sc2c(C)cc(C)cc21. The maximum atomic E-state index is 12.8. The van der Waals surface area contributed by atoms with E-state index in [1.807, 2.05) is 24.3 Å². The first-order valence-electron chi connectivity index (χ1n) is 9.34. The largest absolute Gasteiger partial charge is 0.315 e. The minimum Gasteiger partial charge on any atom is -0.315 e. The van der Waals surface area contributed by atoms with Crippen molar-refractivity contribution < 1.29 is 4.79 Å². The molecule has 0 unspecified atom stereocenters. The number of aryl methyl sites for hydroxylation is 3. The third kappa shape index (κ3) is 4.91. The lowest BCUT2D eigenvalue weighted by molar-refractivity contribution is 0.0998. The Bertz CT molecular complexity index is 1050. The fourth-order valence-electron chi connectivity index (χ4n) is 3.10. The molecule has 1 heterocycles. The lowest BCUT2D eigenvalue weighted by atomic mass is 10.1. The summed E-state index contributed by atoms with van der Waals surface area (Å²) in [6.07, 6.45) is 2.10. The Morgan fingerprint density at radius 1 is 1.18 bits per heavy atom. The molecule has 0 radical (unpaired) electrons. The summed E-state index contributed by atoms with van der Waals surface area (Å²) in [7, 11) is 0. The third-order valence-electron chi connectivity index (χ3n) is 4.30. The molecule has 0 N–H and O–H groups in total. The number of thioether (sulfide) groups is 2. The van der Waals surface area contributed by atoms with Gasteiger partial charge in [0.15, 0.2) is 4.80 Å². The molecule has 0 aliphatic carbocycles. The molecule has 3 aromatic rings. The van der Waals surface area contributed by atoms with Crippen molar-refractivity contribution in [2.24, 2.45) is 4.99 Å². The summed E-state index contributed by atoms with van der Waals surface area (Å²) in [6.45, 7) is 9.42. The van der Waals surface area contributed by atoms with Crippen molar-refractivity contribution in [2.45, 2.75) is 44.4 Å². The lowest BCUT2D eigenvalue weighted by Crippen LogP contribution is -2.18. The second-order valence-corrected chi connectivity index (χ2v) is 10.7. The van der Waals surface area contributed by atoms with E-state index in [1.54, 1.807) is 34.9 Å². The number of benzene rings is 2. The highest BCUT2D eigenvalue weighted by atomic mass is 32.2. The molecule has 148 valence electrons. The van der Waals surface area contributed by atoms with Crippen molar-refractivity contribution in [3.8, 4) is 0 Å². The molecular weight excluding hydrogens is 404 g/mol. The average molecular weight is 431 g/mol. The van der Waals surface area contributed by atoms with Crippen LogP contribution in [-0.2, 0) is 6.54 Å². The summed E-state index contributed by atoms with van der Waals surface area (Å²) in [5, 5.41) is 0.520. The van der Waals surface area contributed by atoms with Crippen LogP contribution in [0.15, 0.2) is 46.3 Å². The van der Waals surface area contributed by atoms with Gasteiger partial charge in [0.25, 0.3) is 5.91 Å². The van der Waals surface area contributed by atoms with Crippen molar-refractivity contribution in [3.63, 3.8) is 0 Å². The van der Waals surface area contributed by atoms with Gasteiger partial charge in [-0.2, -0.15) is 16.8 Å². The van der Waals surface area contributed by atoms with E-state index in [1.165, 1.54) is 26.2 Å². The van der Waals surface area contributed by atoms with Gasteiger partial charge in [0.1, 0.15) is 0 Å². The monoisotopic (exact) mass is 430 g/mol. The van der Waals surface area contributed by atoms with E-state index in [9.17, 15) is 4.79 Å². The molecule has 0 aliphatic rings. The number of rotatable bonds is 6. The molecular formula is C22H26N2OS3. The summed E-state index contributed by atoms with van der Waals surface area (Å²) in [6, 6.07) is 12.2. The molecule has 1 amide bonds. The molecule has 1 aromatic heterocycles. The fraction of sp³-hybridized carbons (Fsp3) is 0.364. The fourth-order valence-corrected chi connectivity index (χ4v) is 5.40. The van der Waals surface area contributed by atoms with Crippen LogP contribution in [0.2, 0.25) is 0 Å². The molecule has 0 spiro atoms. The summed E-state index contributed by atoms with van der Waals surface area (Å²) in [5.41, 5.74) is 4.28. The average Bonchev–Trinajstić information content (AvgIpc) is 2.97. The first kappa shape index (κ1) is 21.2. The van der Waals surface area contributed by atoms with Crippen LogP contribution < -0.4 is 4.80 Å². The van der Waals surface area contributed by atoms with Gasteiger partial charge in [-0.1, -0.05) is 31.3 Å². The number of hydrogen-bond donors (Lipinski definition) is 0. The van der Waals surface area contributed by atoms with Gasteiger partial charge >= 0.3 is 0 Å². The van der Waals surface area contributed by atoms with Crippen LogP contribution in [0.1, 0.15) is 35.3 Å². The van der Waals surface area contributed by atoms with Crippen molar-refractivity contribution in [3.05, 3.63) is 57.9 Å². The zero-order chi connectivity index (χ0) is 20.3. The number of amides is 1. The minimum absolute atomic E-state index is 0.181. The lowest BCUT2D eigenvalue weighted by Gasteiger charge is -2.06. The van der Waals surface area contributed by atoms with Crippen molar-refractivity contribution in [1.29, 1.82) is 0 Å². The smallest absolute Gasteiger partial charge is 0.279 e. The first-order chi connectivity index (χ1) is 13.4. The van der Waals surface area contributed by atoms with Crippen LogP contribution in [-0.4, -0.2) is 27.7 Å². The Kier molecular flexibility index (Phi) is 7.07. The van der Waals surface area contributed by atoms with Crippen molar-refractivity contribution in [1.82, 2.24) is 4.57 Å². The standard InChI is InChI=1S/C22H26N2OS3/c1-14(2)27-18-8-6-17(7-9-18)21(25)23-22-24(10-11-26-5)19-13-15(3)12-16(4)20(19)28-22/h6-9,12-14H,10-11H2,1-5H3. The summed E-state index contributed by atoms with van der Waals surface area (Å²) < 4.78 is 3.40. The van der Waals surface area contributed by atoms with E-state index < -0.39 is 0 Å². The van der Waals surface area contributed by atoms with Gasteiger partial charge in [-0.25, -0.2) is 0 Å². The minimum atomic E-state index is -0.181.